The van der Waals surface area contributed by atoms with Crippen LogP contribution >= 0.6 is 11.8 Å². The highest BCUT2D eigenvalue weighted by Crippen LogP contribution is 2.58. The number of rotatable bonds is 10. The minimum atomic E-state index is 0.289. The number of hydrogen-bond donors (Lipinski definition) is 0. The SMILES string of the molecule is c1cc2c(c(-n3c4cccc5ccc6c(-c7ccc8c(c7)c7ccccc7n8-c7nc(-c8ccc9ccccc9c8)cc(-c8ccc9ccccc9c8)n7)ccc3c6c54)c1)OC1CCCC21.c1cc2c(c(-n3c4cccc5ccc6c(-c7ccc8c(c7)c7ccccc7n8-c7nc(-c8ccc9ccccc9c8)cc(-c8ccc9ccccc9c8)n7)ccc3c6c54)c1)SC1CCCC21. The van der Waals surface area contributed by atoms with Crippen molar-refractivity contribution in [3.63, 3.8) is 0 Å². The first-order chi connectivity index (χ1) is 65.4. The molecule has 4 aliphatic rings. The highest BCUT2D eigenvalue weighted by Gasteiger charge is 2.41. The van der Waals surface area contributed by atoms with Crippen molar-refractivity contribution in [3.8, 4) is 96.3 Å². The van der Waals surface area contributed by atoms with E-state index in [0.717, 1.165) is 95.7 Å². The van der Waals surface area contributed by atoms with Gasteiger partial charge in [-0.3, -0.25) is 9.13 Å². The lowest BCUT2D eigenvalue weighted by Crippen LogP contribution is -2.11. The molecule has 2 fully saturated rings. The number of aromatic nitrogens is 8. The average molecular weight is 1710 g/mol. The van der Waals surface area contributed by atoms with Gasteiger partial charge in [0, 0.05) is 87.0 Å². The monoisotopic (exact) mass is 1700 g/mol. The number of benzene rings is 20. The van der Waals surface area contributed by atoms with Crippen molar-refractivity contribution in [2.75, 3.05) is 0 Å². The van der Waals surface area contributed by atoms with E-state index >= 15 is 0 Å². The maximum atomic E-state index is 6.80. The Kier molecular flexibility index (Phi) is 16.1. The summed E-state index contributed by atoms with van der Waals surface area (Å²) in [6.45, 7) is 0. The van der Waals surface area contributed by atoms with Crippen LogP contribution in [-0.2, 0) is 0 Å². The number of fused-ring (bicyclic) bond motifs is 16. The summed E-state index contributed by atoms with van der Waals surface area (Å²) in [5.74, 6) is 3.53. The first-order valence-electron chi connectivity index (χ1n) is 46.4. The molecule has 0 radical (unpaired) electrons. The molecule has 0 bridgehead atoms. The summed E-state index contributed by atoms with van der Waals surface area (Å²) in [6, 6.07) is 142. The minimum Gasteiger partial charge on any atom is -0.487 e. The van der Waals surface area contributed by atoms with Crippen molar-refractivity contribution in [2.24, 2.45) is 0 Å². The topological polar surface area (TPSA) is 80.5 Å². The number of ether oxygens (including phenoxy) is 1. The summed E-state index contributed by atoms with van der Waals surface area (Å²) >= 11 is 2.13. The van der Waals surface area contributed by atoms with Crippen LogP contribution in [0.25, 0.3) is 242 Å². The van der Waals surface area contributed by atoms with Crippen molar-refractivity contribution in [2.45, 2.75) is 66.6 Å². The maximum Gasteiger partial charge on any atom is 0.235 e. The lowest BCUT2D eigenvalue weighted by Gasteiger charge is -2.14. The molecule has 20 aromatic carbocycles. The van der Waals surface area contributed by atoms with Gasteiger partial charge in [-0.2, -0.15) is 0 Å². The maximum absolute atomic E-state index is 6.80. The molecule has 9 nitrogen and oxygen atoms in total. The molecule has 0 spiro atoms. The van der Waals surface area contributed by atoms with Gasteiger partial charge in [0.05, 0.1) is 78.3 Å². The van der Waals surface area contributed by atoms with Crippen molar-refractivity contribution < 1.29 is 4.74 Å². The van der Waals surface area contributed by atoms with Crippen LogP contribution < -0.4 is 4.74 Å². The van der Waals surface area contributed by atoms with E-state index in [2.05, 4.69) is 418 Å². The van der Waals surface area contributed by atoms with Gasteiger partial charge >= 0.3 is 0 Å². The molecule has 30 rings (SSSR count). The molecule has 2 aliphatic carbocycles. The predicted octanol–water partition coefficient (Wildman–Crippen LogP) is 31.9. The summed E-state index contributed by atoms with van der Waals surface area (Å²) in [7, 11) is 0. The van der Waals surface area contributed by atoms with Gasteiger partial charge in [0.15, 0.2) is 0 Å². The average Bonchev–Trinajstić information content (AvgIpc) is 1.55. The Labute approximate surface area is 763 Å². The van der Waals surface area contributed by atoms with Crippen LogP contribution in [0.15, 0.2) is 393 Å². The van der Waals surface area contributed by atoms with Crippen LogP contribution in [0.5, 0.6) is 5.75 Å². The van der Waals surface area contributed by atoms with Crippen LogP contribution in [-0.4, -0.2) is 49.6 Å². The lowest BCUT2D eigenvalue weighted by molar-refractivity contribution is 0.225. The summed E-state index contributed by atoms with van der Waals surface area (Å²) in [4.78, 5) is 23.2. The van der Waals surface area contributed by atoms with Crippen molar-refractivity contribution in [3.05, 3.63) is 399 Å². The van der Waals surface area contributed by atoms with Crippen LogP contribution in [0.4, 0.5) is 0 Å². The molecule has 132 heavy (non-hydrogen) atoms. The molecule has 2 aliphatic heterocycles. The van der Waals surface area contributed by atoms with E-state index in [0.29, 0.717) is 29.0 Å². The predicted molar refractivity (Wildman–Crippen MR) is 549 cm³/mol. The zero-order chi connectivity index (χ0) is 86.1. The smallest absolute Gasteiger partial charge is 0.235 e. The zero-order valence-electron chi connectivity index (χ0n) is 71.9. The highest BCUT2D eigenvalue weighted by atomic mass is 32.2. The molecular weight excluding hydrogens is 1630 g/mol. The molecule has 620 valence electrons. The Bertz CT molecular complexity index is 8660. The number of hydrogen-bond acceptors (Lipinski definition) is 6. The van der Waals surface area contributed by atoms with Crippen molar-refractivity contribution in [1.82, 2.24) is 38.2 Å². The molecular formula is C122H80N8OS. The minimum absolute atomic E-state index is 0.289. The molecule has 2 saturated carbocycles. The lowest BCUT2D eigenvalue weighted by atomic mass is 9.94. The molecule has 6 aromatic heterocycles. The summed E-state index contributed by atoms with van der Waals surface area (Å²) in [5.41, 5.74) is 27.2. The van der Waals surface area contributed by atoms with Gasteiger partial charge in [0.2, 0.25) is 11.9 Å². The quantitative estimate of drug-likeness (QED) is 0.127. The van der Waals surface area contributed by atoms with Crippen molar-refractivity contribution >= 4 is 164 Å². The summed E-state index contributed by atoms with van der Waals surface area (Å²) in [6.07, 6.45) is 7.83. The molecule has 0 saturated heterocycles. The molecule has 26 aromatic rings. The van der Waals surface area contributed by atoms with E-state index in [1.165, 1.54) is 190 Å². The fraction of sp³-hybridized carbons (Fsp3) is 0.0820. The van der Waals surface area contributed by atoms with E-state index in [4.69, 9.17) is 24.7 Å². The third kappa shape index (κ3) is 11.2. The molecule has 4 atom stereocenters. The third-order valence-electron chi connectivity index (χ3n) is 29.7. The van der Waals surface area contributed by atoms with Gasteiger partial charge in [0.1, 0.15) is 11.9 Å². The highest BCUT2D eigenvalue weighted by molar-refractivity contribution is 8.00. The molecule has 10 heteroatoms. The standard InChI is InChI=1S/C61H40N4O.C61H40N4S/c2*1-3-12-39-32-42(24-22-36(39)10-1)50-35-51(43-25-23-37-11-2-4-13-40(37)33-43)63-61(62-50)65-52-18-6-5-15-45(52)49-34-41(27-30-53(49)65)44-29-31-55-59-47(44)28-26-38-14-7-19-54(58(38)59)64(55)56-20-8-17-48-46-16-9-21-57(46)66-60(48)56/h2*1-8,10-15,17-20,22-35,46,57H,9,16,21H2. The third-order valence-corrected chi connectivity index (χ3v) is 31.2. The van der Waals surface area contributed by atoms with Gasteiger partial charge < -0.3 is 13.9 Å². The van der Waals surface area contributed by atoms with Gasteiger partial charge in [-0.05, 0) is 240 Å². The van der Waals surface area contributed by atoms with Gasteiger partial charge in [-0.15, -0.1) is 11.8 Å². The van der Waals surface area contributed by atoms with Gasteiger partial charge in [0.25, 0.3) is 0 Å². The van der Waals surface area contributed by atoms with E-state index in [1.54, 1.807) is 5.56 Å². The second-order valence-corrected chi connectivity index (χ2v) is 38.0. The normalized spacial score (nSPS) is 15.9. The van der Waals surface area contributed by atoms with Gasteiger partial charge in [-0.25, -0.2) is 19.9 Å². The Morgan fingerprint density at radius 3 is 1.11 bits per heavy atom. The number of nitrogens with zero attached hydrogens (tertiary/aromatic N) is 8. The van der Waals surface area contributed by atoms with E-state index in [-0.39, 0.29) is 6.10 Å². The van der Waals surface area contributed by atoms with Crippen LogP contribution in [0.1, 0.15) is 61.5 Å². The number of para-hydroxylation sites is 3. The first-order valence-corrected chi connectivity index (χ1v) is 47.3. The second kappa shape index (κ2) is 28.7. The first kappa shape index (κ1) is 74.0. The van der Waals surface area contributed by atoms with Gasteiger partial charge in [-0.1, -0.05) is 285 Å². The molecule has 8 heterocycles. The van der Waals surface area contributed by atoms with Crippen LogP contribution in [0, 0.1) is 0 Å². The van der Waals surface area contributed by atoms with Crippen LogP contribution in [0.3, 0.4) is 0 Å². The largest absolute Gasteiger partial charge is 0.487 e. The van der Waals surface area contributed by atoms with E-state index in [1.807, 2.05) is 0 Å². The Hall–Kier alpha value is -16.0. The van der Waals surface area contributed by atoms with Crippen molar-refractivity contribution in [1.29, 1.82) is 0 Å². The van der Waals surface area contributed by atoms with E-state index in [9.17, 15) is 0 Å². The Morgan fingerprint density at radius 2 is 0.614 bits per heavy atom. The fourth-order valence-electron chi connectivity index (χ4n) is 23.6. The van der Waals surface area contributed by atoms with Crippen LogP contribution in [0.2, 0.25) is 0 Å². The molecule has 0 N–H and O–H groups in total. The number of thioether (sulfide) groups is 1. The molecule has 0 amide bonds. The fourth-order valence-corrected chi connectivity index (χ4v) is 25.3. The van der Waals surface area contributed by atoms with E-state index < -0.39 is 0 Å². The molecule has 4 unspecified atom stereocenters. The Balaban J connectivity index is 0.000000129. The second-order valence-electron chi connectivity index (χ2n) is 36.7. The summed E-state index contributed by atoms with van der Waals surface area (Å²) in [5, 5.41) is 25.2. The Morgan fingerprint density at radius 1 is 0.242 bits per heavy atom. The zero-order valence-corrected chi connectivity index (χ0v) is 72.7. The summed E-state index contributed by atoms with van der Waals surface area (Å²) < 4.78 is 16.4.